The van der Waals surface area contributed by atoms with Crippen LogP contribution in [0.15, 0.2) is 35.7 Å². The molecule has 1 heterocycles. The number of ether oxygens (including phenoxy) is 1. The Labute approximate surface area is 129 Å². The maximum Gasteiger partial charge on any atom is 0.122 e. The van der Waals surface area contributed by atoms with Gasteiger partial charge >= 0.3 is 0 Å². The first-order chi connectivity index (χ1) is 10.3. The van der Waals surface area contributed by atoms with Gasteiger partial charge in [0.15, 0.2) is 0 Å². The fraction of sp³-hybridized carbons (Fsp3) is 0.471. The first kappa shape index (κ1) is 14.7. The molecule has 2 atom stereocenters. The van der Waals surface area contributed by atoms with Crippen molar-refractivity contribution in [3.63, 3.8) is 0 Å². The van der Waals surface area contributed by atoms with Gasteiger partial charge < -0.3 is 9.84 Å². The van der Waals surface area contributed by atoms with Crippen LogP contribution in [0.25, 0.3) is 0 Å². The molecule has 2 unspecified atom stereocenters. The molecule has 1 aromatic carbocycles. The van der Waals surface area contributed by atoms with E-state index in [1.807, 2.05) is 37.3 Å². The molecule has 1 aromatic heterocycles. The lowest BCUT2D eigenvalue weighted by Gasteiger charge is -2.13. The van der Waals surface area contributed by atoms with Gasteiger partial charge in [0.25, 0.3) is 0 Å². The predicted octanol–water partition coefficient (Wildman–Crippen LogP) is 3.91. The summed E-state index contributed by atoms with van der Waals surface area (Å²) in [6, 6.07) is 9.75. The van der Waals surface area contributed by atoms with Crippen molar-refractivity contribution >= 4 is 11.3 Å². The van der Waals surface area contributed by atoms with Crippen LogP contribution < -0.4 is 0 Å². The maximum absolute atomic E-state index is 10.3. The minimum Gasteiger partial charge on any atom is -0.388 e. The monoisotopic (exact) mass is 303 g/mol. The van der Waals surface area contributed by atoms with Gasteiger partial charge in [-0.15, -0.1) is 11.3 Å². The summed E-state index contributed by atoms with van der Waals surface area (Å²) < 4.78 is 5.84. The third-order valence-corrected chi connectivity index (χ3v) is 4.75. The molecule has 1 aliphatic carbocycles. The lowest BCUT2D eigenvalue weighted by Crippen LogP contribution is -2.07. The van der Waals surface area contributed by atoms with Crippen LogP contribution >= 0.6 is 11.3 Å². The topological polar surface area (TPSA) is 42.4 Å². The van der Waals surface area contributed by atoms with E-state index < -0.39 is 6.10 Å². The Bertz CT molecular complexity index is 565. The molecule has 1 N–H and O–H groups in total. The van der Waals surface area contributed by atoms with Gasteiger partial charge in [-0.25, -0.2) is 4.98 Å². The summed E-state index contributed by atoms with van der Waals surface area (Å²) in [5.74, 6) is 0.642. The fourth-order valence-corrected chi connectivity index (χ4v) is 3.50. The zero-order valence-electron chi connectivity index (χ0n) is 12.2. The molecule has 1 aliphatic rings. The molecule has 21 heavy (non-hydrogen) atoms. The maximum atomic E-state index is 10.3. The minimum absolute atomic E-state index is 0.155. The quantitative estimate of drug-likeness (QED) is 0.843. The molecule has 0 bridgehead atoms. The zero-order chi connectivity index (χ0) is 14.7. The van der Waals surface area contributed by atoms with E-state index in [0.717, 1.165) is 22.9 Å². The molecule has 0 aliphatic heterocycles. The number of hydrogen-bond acceptors (Lipinski definition) is 4. The van der Waals surface area contributed by atoms with Gasteiger partial charge in [0.1, 0.15) is 11.1 Å². The van der Waals surface area contributed by atoms with Crippen LogP contribution in [0.5, 0.6) is 0 Å². The molecule has 0 spiro atoms. The highest BCUT2D eigenvalue weighted by atomic mass is 32.1. The highest BCUT2D eigenvalue weighted by molar-refractivity contribution is 7.09. The second-order valence-corrected chi connectivity index (χ2v) is 6.41. The summed E-state index contributed by atoms with van der Waals surface area (Å²) in [7, 11) is 0. The third kappa shape index (κ3) is 3.70. The predicted molar refractivity (Wildman–Crippen MR) is 84.3 cm³/mol. The van der Waals surface area contributed by atoms with Gasteiger partial charge in [-0.3, -0.25) is 0 Å². The van der Waals surface area contributed by atoms with E-state index >= 15 is 0 Å². The second kappa shape index (κ2) is 6.69. The Morgan fingerprint density at radius 3 is 2.76 bits per heavy atom. The number of aliphatic hydroxyl groups excluding tert-OH is 1. The number of benzene rings is 1. The summed E-state index contributed by atoms with van der Waals surface area (Å²) in [5, 5.41) is 13.4. The van der Waals surface area contributed by atoms with Gasteiger partial charge in [0.05, 0.1) is 11.8 Å². The van der Waals surface area contributed by atoms with Crippen molar-refractivity contribution in [2.45, 2.75) is 38.4 Å². The Kier molecular flexibility index (Phi) is 4.68. The molecule has 0 saturated heterocycles. The van der Waals surface area contributed by atoms with Crippen molar-refractivity contribution in [3.8, 4) is 0 Å². The molecule has 0 radical (unpaired) electrons. The summed E-state index contributed by atoms with van der Waals surface area (Å²) in [4.78, 5) is 4.69. The third-order valence-electron chi connectivity index (χ3n) is 3.80. The van der Waals surface area contributed by atoms with Crippen LogP contribution in [0.4, 0.5) is 0 Å². The van der Waals surface area contributed by atoms with Gasteiger partial charge in [0, 0.05) is 18.4 Å². The van der Waals surface area contributed by atoms with Crippen LogP contribution in [0, 0.1) is 5.92 Å². The van der Waals surface area contributed by atoms with Crippen LogP contribution in [0.2, 0.25) is 0 Å². The van der Waals surface area contributed by atoms with E-state index in [9.17, 15) is 5.11 Å². The van der Waals surface area contributed by atoms with E-state index in [1.165, 1.54) is 12.8 Å². The summed E-state index contributed by atoms with van der Waals surface area (Å²) >= 11 is 1.66. The van der Waals surface area contributed by atoms with E-state index in [4.69, 9.17) is 4.74 Å². The first-order valence-electron chi connectivity index (χ1n) is 7.57. The van der Waals surface area contributed by atoms with Crippen molar-refractivity contribution in [3.05, 3.63) is 52.0 Å². The molecule has 2 aromatic rings. The second-order valence-electron chi connectivity index (χ2n) is 5.52. The smallest absolute Gasteiger partial charge is 0.122 e. The highest BCUT2D eigenvalue weighted by Gasteiger charge is 2.34. The van der Waals surface area contributed by atoms with E-state index in [2.05, 4.69) is 10.4 Å². The first-order valence-corrected chi connectivity index (χ1v) is 8.44. The largest absolute Gasteiger partial charge is 0.388 e. The van der Waals surface area contributed by atoms with Crippen LogP contribution in [-0.4, -0.2) is 16.7 Å². The SMILES string of the molecule is CCOC(c1nc(CC(O)c2ccccc2)cs1)C1CC1. The Morgan fingerprint density at radius 2 is 2.10 bits per heavy atom. The zero-order valence-corrected chi connectivity index (χ0v) is 13.1. The fourth-order valence-electron chi connectivity index (χ4n) is 2.53. The highest BCUT2D eigenvalue weighted by Crippen LogP contribution is 2.44. The average Bonchev–Trinajstić information content (AvgIpc) is 3.25. The Hall–Kier alpha value is -1.23. The normalized spacial score (nSPS) is 17.6. The van der Waals surface area contributed by atoms with Crippen LogP contribution in [0.3, 0.4) is 0 Å². The van der Waals surface area contributed by atoms with Gasteiger partial charge in [-0.1, -0.05) is 30.3 Å². The molecule has 3 rings (SSSR count). The lowest BCUT2D eigenvalue weighted by molar-refractivity contribution is 0.0460. The minimum atomic E-state index is -0.493. The number of rotatable bonds is 7. The van der Waals surface area contributed by atoms with Crippen molar-refractivity contribution in [2.24, 2.45) is 5.92 Å². The number of aliphatic hydroxyl groups is 1. The molecular weight excluding hydrogens is 282 g/mol. The summed E-state index contributed by atoms with van der Waals surface area (Å²) in [6.45, 7) is 2.76. The molecule has 0 amide bonds. The van der Waals surface area contributed by atoms with Crippen molar-refractivity contribution < 1.29 is 9.84 Å². The van der Waals surface area contributed by atoms with Crippen LogP contribution in [-0.2, 0) is 11.2 Å². The lowest BCUT2D eigenvalue weighted by atomic mass is 10.1. The molecular formula is C17H21NO2S. The number of aromatic nitrogens is 1. The van der Waals surface area contributed by atoms with E-state index in [1.54, 1.807) is 11.3 Å². The summed E-state index contributed by atoms with van der Waals surface area (Å²) in [6.07, 6.45) is 2.71. The average molecular weight is 303 g/mol. The van der Waals surface area contributed by atoms with Crippen molar-refractivity contribution in [1.82, 2.24) is 4.98 Å². The molecule has 3 nitrogen and oxygen atoms in total. The molecule has 112 valence electrons. The Balaban J connectivity index is 1.67. The standard InChI is InChI=1S/C17H21NO2S/c1-2-20-16(13-8-9-13)17-18-14(11-21-17)10-15(19)12-6-4-3-5-7-12/h3-7,11,13,15-16,19H,2,8-10H2,1H3. The Morgan fingerprint density at radius 1 is 1.33 bits per heavy atom. The molecule has 4 heteroatoms. The van der Waals surface area contributed by atoms with Gasteiger partial charge in [-0.05, 0) is 31.2 Å². The number of thiazole rings is 1. The van der Waals surface area contributed by atoms with Crippen molar-refractivity contribution in [1.29, 1.82) is 0 Å². The van der Waals surface area contributed by atoms with Crippen LogP contribution in [0.1, 0.15) is 48.2 Å². The molecule has 1 saturated carbocycles. The van der Waals surface area contributed by atoms with Gasteiger partial charge in [-0.2, -0.15) is 0 Å². The molecule has 1 fully saturated rings. The summed E-state index contributed by atoms with van der Waals surface area (Å²) in [5.41, 5.74) is 1.90. The number of nitrogens with zero attached hydrogens (tertiary/aromatic N) is 1. The number of hydrogen-bond donors (Lipinski definition) is 1. The van der Waals surface area contributed by atoms with E-state index in [-0.39, 0.29) is 6.10 Å². The van der Waals surface area contributed by atoms with E-state index in [0.29, 0.717) is 12.3 Å². The van der Waals surface area contributed by atoms with Gasteiger partial charge in [0.2, 0.25) is 0 Å². The van der Waals surface area contributed by atoms with Crippen molar-refractivity contribution in [2.75, 3.05) is 6.61 Å².